The van der Waals surface area contributed by atoms with Gasteiger partial charge in [0.05, 0.1) is 40.3 Å². The Bertz CT molecular complexity index is 1280. The Labute approximate surface area is 392 Å². The molecule has 0 saturated carbocycles. The van der Waals surface area contributed by atoms with Crippen LogP contribution in [0.4, 0.5) is 0 Å². The van der Waals surface area contributed by atoms with Crippen molar-refractivity contribution >= 4 is 17.9 Å². The van der Waals surface area contributed by atoms with Gasteiger partial charge in [0.1, 0.15) is 13.2 Å². The number of ether oxygens (including phenoxy) is 4. The van der Waals surface area contributed by atoms with Crippen LogP contribution < -0.4 is 5.11 Å². The quantitative estimate of drug-likeness (QED) is 0.0195. The fourth-order valence-corrected chi connectivity index (χ4v) is 6.73. The fourth-order valence-electron chi connectivity index (χ4n) is 6.73. The molecular weight excluding hydrogens is 803 g/mol. The third kappa shape index (κ3) is 46.7. The Balaban J connectivity index is 4.39. The molecule has 0 N–H and O–H groups in total. The van der Waals surface area contributed by atoms with Gasteiger partial charge in [-0.25, -0.2) is 0 Å². The molecule has 0 bridgehead atoms. The van der Waals surface area contributed by atoms with Gasteiger partial charge >= 0.3 is 11.9 Å². The molecule has 0 spiro atoms. The average molecular weight is 898 g/mol. The topological polar surface area (TPSA) is 111 Å². The predicted molar refractivity (Wildman–Crippen MR) is 265 cm³/mol. The lowest BCUT2D eigenvalue weighted by Gasteiger charge is -2.26. The van der Waals surface area contributed by atoms with E-state index in [1.807, 2.05) is 21.1 Å². The van der Waals surface area contributed by atoms with E-state index >= 15 is 0 Å². The van der Waals surface area contributed by atoms with Crippen LogP contribution in [0.15, 0.2) is 72.9 Å². The predicted octanol–water partition coefficient (Wildman–Crippen LogP) is 12.9. The van der Waals surface area contributed by atoms with E-state index in [4.69, 9.17) is 18.9 Å². The van der Waals surface area contributed by atoms with Gasteiger partial charge in [-0.1, -0.05) is 177 Å². The first kappa shape index (κ1) is 60.7. The van der Waals surface area contributed by atoms with Crippen LogP contribution in [0.2, 0.25) is 0 Å². The lowest BCUT2D eigenvalue weighted by Crippen LogP contribution is -2.44. The second-order valence-corrected chi connectivity index (χ2v) is 18.1. The number of hydrogen-bond donors (Lipinski definition) is 0. The van der Waals surface area contributed by atoms with E-state index < -0.39 is 24.3 Å². The van der Waals surface area contributed by atoms with Crippen LogP contribution in [0.25, 0.3) is 0 Å². The number of quaternary nitrogens is 1. The molecule has 0 aliphatic rings. The first-order chi connectivity index (χ1) is 31.1. The van der Waals surface area contributed by atoms with E-state index in [1.165, 1.54) is 70.6 Å². The maximum Gasteiger partial charge on any atom is 0.306 e. The molecule has 0 amide bonds. The van der Waals surface area contributed by atoms with Crippen molar-refractivity contribution in [2.45, 2.75) is 212 Å². The number of carboxylic acid groups (broad SMARTS) is 1. The molecule has 0 radical (unpaired) electrons. The normalized spacial score (nSPS) is 13.5. The Morgan fingerprint density at radius 2 is 0.891 bits per heavy atom. The first-order valence-electron chi connectivity index (χ1n) is 25.6. The number of likely N-dealkylation sites (N-methyl/N-ethyl adjacent to an activating group) is 1. The molecule has 368 valence electrons. The van der Waals surface area contributed by atoms with Crippen molar-refractivity contribution in [1.29, 1.82) is 0 Å². The molecule has 0 aromatic heterocycles. The van der Waals surface area contributed by atoms with Crippen LogP contribution in [0, 0.1) is 0 Å². The van der Waals surface area contributed by atoms with Gasteiger partial charge in [0.15, 0.2) is 12.4 Å². The number of aliphatic carboxylic acids is 1. The Hall–Kier alpha value is -3.27. The summed E-state index contributed by atoms with van der Waals surface area (Å²) in [6.45, 7) is 4.60. The molecule has 64 heavy (non-hydrogen) atoms. The zero-order chi connectivity index (χ0) is 47.0. The monoisotopic (exact) mass is 898 g/mol. The average Bonchev–Trinajstić information content (AvgIpc) is 3.26. The zero-order valence-corrected chi connectivity index (χ0v) is 41.6. The van der Waals surface area contributed by atoms with Crippen molar-refractivity contribution in [2.75, 3.05) is 47.5 Å². The van der Waals surface area contributed by atoms with E-state index in [0.717, 1.165) is 96.3 Å². The van der Waals surface area contributed by atoms with Gasteiger partial charge < -0.3 is 33.3 Å². The molecule has 0 fully saturated rings. The third-order valence-electron chi connectivity index (χ3n) is 10.7. The fraction of sp³-hybridized carbons (Fsp3) is 0.727. The van der Waals surface area contributed by atoms with Crippen molar-refractivity contribution in [1.82, 2.24) is 0 Å². The maximum atomic E-state index is 12.8. The van der Waals surface area contributed by atoms with E-state index in [0.29, 0.717) is 17.4 Å². The molecule has 0 aromatic rings. The standard InChI is InChI=1S/C55H95NO8/c1-6-8-10-12-14-16-18-20-22-24-25-26-27-28-29-30-32-34-36-38-40-42-44-46-53(58)64-51(50-63-55(54(59)60)61-48-47-56(3,4)5)49-62-52(57)45-43-41-39-37-35-33-31-23-21-19-17-15-13-11-9-7-2/h8,10,14,16,20,22-23,25-26,28-29,31,51,55H,6-7,9,11-13,15,17-19,21,24,27,30,32-50H2,1-5H3/b10-8-,16-14-,22-20-,26-25-,29-28-,31-23-. The van der Waals surface area contributed by atoms with Crippen molar-refractivity contribution < 1.29 is 42.9 Å². The number of rotatable bonds is 46. The number of hydrogen-bond acceptors (Lipinski definition) is 8. The minimum atomic E-state index is -1.63. The number of carboxylic acids is 1. The number of unbranched alkanes of at least 4 members (excludes halogenated alkanes) is 19. The molecule has 0 aliphatic heterocycles. The summed E-state index contributed by atoms with van der Waals surface area (Å²) < 4.78 is 22.6. The molecule has 0 saturated heterocycles. The molecule has 9 nitrogen and oxygen atoms in total. The molecular formula is C55H95NO8. The van der Waals surface area contributed by atoms with Crippen LogP contribution in [-0.4, -0.2) is 82.3 Å². The summed E-state index contributed by atoms with van der Waals surface area (Å²) in [5.74, 6) is -2.31. The summed E-state index contributed by atoms with van der Waals surface area (Å²) in [6, 6.07) is 0. The molecule has 0 heterocycles. The van der Waals surface area contributed by atoms with E-state index in [1.54, 1.807) is 0 Å². The molecule has 0 rings (SSSR count). The third-order valence-corrected chi connectivity index (χ3v) is 10.7. The number of allylic oxidation sites excluding steroid dienone is 12. The summed E-state index contributed by atoms with van der Waals surface area (Å²) in [6.07, 6.45) is 55.0. The second kappa shape index (κ2) is 46.3. The van der Waals surface area contributed by atoms with Gasteiger partial charge in [0.2, 0.25) is 0 Å². The molecule has 2 unspecified atom stereocenters. The van der Waals surface area contributed by atoms with Crippen LogP contribution in [0.3, 0.4) is 0 Å². The summed E-state index contributed by atoms with van der Waals surface area (Å²) in [5.41, 5.74) is 0. The van der Waals surface area contributed by atoms with Gasteiger partial charge in [-0.05, 0) is 83.5 Å². The molecule has 2 atom stereocenters. The minimum absolute atomic E-state index is 0.141. The van der Waals surface area contributed by atoms with Crippen LogP contribution >= 0.6 is 0 Å². The van der Waals surface area contributed by atoms with Gasteiger partial charge in [0.25, 0.3) is 0 Å². The molecule has 0 aliphatic carbocycles. The Morgan fingerprint density at radius 3 is 1.34 bits per heavy atom. The highest BCUT2D eigenvalue weighted by atomic mass is 16.7. The van der Waals surface area contributed by atoms with Gasteiger partial charge in [-0.3, -0.25) is 9.59 Å². The first-order valence-corrected chi connectivity index (χ1v) is 25.6. The highest BCUT2D eigenvalue weighted by Crippen LogP contribution is 2.14. The number of nitrogens with zero attached hydrogens (tertiary/aromatic N) is 1. The molecule has 9 heteroatoms. The van der Waals surface area contributed by atoms with Crippen LogP contribution in [0.1, 0.15) is 200 Å². The highest BCUT2D eigenvalue weighted by molar-refractivity contribution is 5.70. The second-order valence-electron chi connectivity index (χ2n) is 18.1. The van der Waals surface area contributed by atoms with E-state index in [2.05, 4.69) is 86.8 Å². The number of carbonyl (C=O) groups is 3. The summed E-state index contributed by atoms with van der Waals surface area (Å²) in [7, 11) is 5.90. The minimum Gasteiger partial charge on any atom is -0.545 e. The largest absolute Gasteiger partial charge is 0.545 e. The number of carbonyl (C=O) groups excluding carboxylic acids is 3. The van der Waals surface area contributed by atoms with Gasteiger partial charge in [0, 0.05) is 12.8 Å². The summed E-state index contributed by atoms with van der Waals surface area (Å²) in [5, 5.41) is 11.7. The summed E-state index contributed by atoms with van der Waals surface area (Å²) >= 11 is 0. The van der Waals surface area contributed by atoms with E-state index in [9.17, 15) is 19.5 Å². The van der Waals surface area contributed by atoms with Crippen LogP contribution in [0.5, 0.6) is 0 Å². The maximum absolute atomic E-state index is 12.8. The lowest BCUT2D eigenvalue weighted by molar-refractivity contribution is -0.870. The van der Waals surface area contributed by atoms with Crippen molar-refractivity contribution in [3.05, 3.63) is 72.9 Å². The Kier molecular flexibility index (Phi) is 43.9. The smallest absolute Gasteiger partial charge is 0.306 e. The molecule has 0 aromatic carbocycles. The van der Waals surface area contributed by atoms with Gasteiger partial charge in [-0.2, -0.15) is 0 Å². The lowest BCUT2D eigenvalue weighted by atomic mass is 10.1. The highest BCUT2D eigenvalue weighted by Gasteiger charge is 2.21. The Morgan fingerprint density at radius 1 is 0.484 bits per heavy atom. The van der Waals surface area contributed by atoms with Crippen molar-refractivity contribution in [2.24, 2.45) is 0 Å². The SMILES string of the molecule is CC/C=C\C/C=C\C/C=C\C/C=C\C/C=C\CCCCCCCCCC(=O)OC(COC(=O)CCCCCCC/C=C\CCCCCCCCC)COC(OCC[N+](C)(C)C)C(=O)[O-]. The zero-order valence-electron chi connectivity index (χ0n) is 41.6. The van der Waals surface area contributed by atoms with Gasteiger partial charge in [-0.15, -0.1) is 0 Å². The van der Waals surface area contributed by atoms with Crippen LogP contribution in [-0.2, 0) is 33.3 Å². The van der Waals surface area contributed by atoms with E-state index in [-0.39, 0.29) is 38.6 Å². The van der Waals surface area contributed by atoms with Crippen molar-refractivity contribution in [3.8, 4) is 0 Å². The number of esters is 2. The van der Waals surface area contributed by atoms with Crippen molar-refractivity contribution in [3.63, 3.8) is 0 Å². The summed E-state index contributed by atoms with van der Waals surface area (Å²) in [4.78, 5) is 37.1.